The molecule has 0 amide bonds. The first kappa shape index (κ1) is 17.4. The van der Waals surface area contributed by atoms with E-state index in [1.54, 1.807) is 18.4 Å². The SMILES string of the molecule is CCS(=O)C1CCCC(NC(=NC)NCc2nc(C)cs2)C1. The first-order valence-electron chi connectivity index (χ1n) is 7.87. The molecule has 1 aromatic heterocycles. The van der Waals surface area contributed by atoms with E-state index < -0.39 is 10.8 Å². The lowest BCUT2D eigenvalue weighted by Crippen LogP contribution is -2.46. The molecule has 0 aliphatic heterocycles. The van der Waals surface area contributed by atoms with Crippen LogP contribution in [0.25, 0.3) is 0 Å². The number of aryl methyl sites for hydroxylation is 1. The van der Waals surface area contributed by atoms with Gasteiger partial charge in [0.05, 0.1) is 6.54 Å². The molecule has 1 aliphatic rings. The number of hydrogen-bond acceptors (Lipinski definition) is 4. The highest BCUT2D eigenvalue weighted by molar-refractivity contribution is 7.85. The summed E-state index contributed by atoms with van der Waals surface area (Å²) in [6, 6.07) is 0.360. The van der Waals surface area contributed by atoms with Crippen LogP contribution in [-0.4, -0.2) is 39.2 Å². The van der Waals surface area contributed by atoms with Gasteiger partial charge in [-0.25, -0.2) is 4.98 Å². The van der Waals surface area contributed by atoms with Crippen LogP contribution in [0.2, 0.25) is 0 Å². The topological polar surface area (TPSA) is 66.4 Å². The fraction of sp³-hybridized carbons (Fsp3) is 0.733. The van der Waals surface area contributed by atoms with Gasteiger partial charge >= 0.3 is 0 Å². The van der Waals surface area contributed by atoms with Crippen molar-refractivity contribution in [3.05, 3.63) is 16.1 Å². The van der Waals surface area contributed by atoms with Crippen molar-refractivity contribution in [2.75, 3.05) is 12.8 Å². The number of hydrogen-bond donors (Lipinski definition) is 2. The molecule has 2 rings (SSSR count). The third kappa shape index (κ3) is 5.05. The molecule has 1 saturated carbocycles. The minimum atomic E-state index is -0.690. The van der Waals surface area contributed by atoms with Crippen LogP contribution in [0.5, 0.6) is 0 Å². The minimum Gasteiger partial charge on any atom is -0.354 e. The lowest BCUT2D eigenvalue weighted by atomic mass is 9.95. The van der Waals surface area contributed by atoms with Gasteiger partial charge < -0.3 is 10.6 Å². The molecule has 5 nitrogen and oxygen atoms in total. The van der Waals surface area contributed by atoms with Gasteiger partial charge in [0.1, 0.15) is 5.01 Å². The molecule has 7 heteroatoms. The molecule has 0 saturated heterocycles. The molecule has 1 fully saturated rings. The van der Waals surface area contributed by atoms with Gasteiger partial charge in [-0.2, -0.15) is 0 Å². The second-order valence-corrected chi connectivity index (χ2v) is 8.56. The van der Waals surface area contributed by atoms with Crippen molar-refractivity contribution < 1.29 is 4.21 Å². The predicted molar refractivity (Wildman–Crippen MR) is 94.9 cm³/mol. The average Bonchev–Trinajstić information content (AvgIpc) is 2.96. The molecule has 0 radical (unpaired) electrons. The maximum atomic E-state index is 12.0. The zero-order chi connectivity index (χ0) is 15.9. The molecule has 1 aromatic rings. The first-order valence-corrected chi connectivity index (χ1v) is 10.1. The summed E-state index contributed by atoms with van der Waals surface area (Å²) in [7, 11) is 1.09. The number of aliphatic imine (C=N–C) groups is 1. The Morgan fingerprint density at radius 2 is 2.36 bits per heavy atom. The Balaban J connectivity index is 1.83. The second kappa shape index (κ2) is 8.62. The summed E-state index contributed by atoms with van der Waals surface area (Å²) in [5.41, 5.74) is 1.06. The summed E-state index contributed by atoms with van der Waals surface area (Å²) < 4.78 is 12.0. The Hall–Kier alpha value is -0.950. The van der Waals surface area contributed by atoms with Crippen molar-refractivity contribution in [1.29, 1.82) is 0 Å². The van der Waals surface area contributed by atoms with Gasteiger partial charge in [0.25, 0.3) is 0 Å². The van der Waals surface area contributed by atoms with E-state index >= 15 is 0 Å². The zero-order valence-corrected chi connectivity index (χ0v) is 15.2. The van der Waals surface area contributed by atoms with E-state index in [1.165, 1.54) is 0 Å². The van der Waals surface area contributed by atoms with Gasteiger partial charge in [-0.05, 0) is 26.2 Å². The normalized spacial score (nSPS) is 24.0. The standard InChI is InChI=1S/C15H26N4OS2/c1-4-22(20)13-7-5-6-12(8-13)19-15(16-3)17-9-14-18-11(2)10-21-14/h10,12-13H,4-9H2,1-3H3,(H2,16,17,19). The Kier molecular flexibility index (Phi) is 6.82. The van der Waals surface area contributed by atoms with Crippen molar-refractivity contribution in [3.63, 3.8) is 0 Å². The summed E-state index contributed by atoms with van der Waals surface area (Å²) in [5.74, 6) is 1.56. The Labute approximate surface area is 139 Å². The Morgan fingerprint density at radius 3 is 3.00 bits per heavy atom. The highest BCUT2D eigenvalue weighted by Crippen LogP contribution is 2.23. The fourth-order valence-corrected chi connectivity index (χ4v) is 4.84. The third-order valence-electron chi connectivity index (χ3n) is 3.92. The monoisotopic (exact) mass is 342 g/mol. The van der Waals surface area contributed by atoms with Crippen molar-refractivity contribution >= 4 is 28.1 Å². The Bertz CT molecular complexity index is 529. The molecule has 124 valence electrons. The molecule has 0 spiro atoms. The first-order chi connectivity index (χ1) is 10.6. The number of thiazole rings is 1. The number of rotatable bonds is 5. The Morgan fingerprint density at radius 1 is 1.55 bits per heavy atom. The summed E-state index contributed by atoms with van der Waals surface area (Å²) >= 11 is 1.66. The molecule has 0 bridgehead atoms. The molecule has 0 aromatic carbocycles. The summed E-state index contributed by atoms with van der Waals surface area (Å²) in [6.45, 7) is 4.70. The van der Waals surface area contributed by atoms with E-state index in [2.05, 4.69) is 26.0 Å². The van der Waals surface area contributed by atoms with Gasteiger partial charge in [-0.15, -0.1) is 11.3 Å². The fourth-order valence-electron chi connectivity index (χ4n) is 2.78. The maximum Gasteiger partial charge on any atom is 0.191 e. The zero-order valence-electron chi connectivity index (χ0n) is 13.6. The van der Waals surface area contributed by atoms with Crippen LogP contribution in [0, 0.1) is 6.92 Å². The van der Waals surface area contributed by atoms with Crippen LogP contribution in [0.15, 0.2) is 10.4 Å². The third-order valence-corrected chi connectivity index (χ3v) is 6.63. The van der Waals surface area contributed by atoms with E-state index in [0.29, 0.717) is 17.8 Å². The highest BCUT2D eigenvalue weighted by atomic mass is 32.2. The highest BCUT2D eigenvalue weighted by Gasteiger charge is 2.25. The molecular weight excluding hydrogens is 316 g/mol. The molecular formula is C15H26N4OS2. The van der Waals surface area contributed by atoms with Crippen molar-refractivity contribution in [2.45, 2.75) is 57.4 Å². The van der Waals surface area contributed by atoms with Crippen molar-refractivity contribution in [1.82, 2.24) is 15.6 Å². The second-order valence-electron chi connectivity index (χ2n) is 5.61. The van der Waals surface area contributed by atoms with E-state index in [9.17, 15) is 4.21 Å². The van der Waals surface area contributed by atoms with Gasteiger partial charge in [0.2, 0.25) is 0 Å². The number of nitrogens with zero attached hydrogens (tertiary/aromatic N) is 2. The van der Waals surface area contributed by atoms with Gasteiger partial charge in [0, 0.05) is 46.0 Å². The van der Waals surface area contributed by atoms with Crippen LogP contribution >= 0.6 is 11.3 Å². The van der Waals surface area contributed by atoms with Crippen molar-refractivity contribution in [2.24, 2.45) is 4.99 Å². The van der Waals surface area contributed by atoms with Crippen LogP contribution in [0.1, 0.15) is 43.3 Å². The lowest BCUT2D eigenvalue weighted by molar-refractivity contribution is 0.413. The van der Waals surface area contributed by atoms with Crippen LogP contribution in [0.3, 0.4) is 0 Å². The number of nitrogens with one attached hydrogen (secondary N) is 2. The van der Waals surface area contributed by atoms with Crippen LogP contribution < -0.4 is 10.6 Å². The molecule has 1 heterocycles. The average molecular weight is 343 g/mol. The molecule has 22 heavy (non-hydrogen) atoms. The summed E-state index contributed by atoms with van der Waals surface area (Å²) in [5, 5.41) is 10.2. The summed E-state index contributed by atoms with van der Waals surface area (Å²) in [6.07, 6.45) is 4.31. The molecule has 3 atom stereocenters. The maximum absolute atomic E-state index is 12.0. The smallest absolute Gasteiger partial charge is 0.191 e. The van der Waals surface area contributed by atoms with Gasteiger partial charge in [-0.3, -0.25) is 9.20 Å². The number of aromatic nitrogens is 1. The quantitative estimate of drug-likeness (QED) is 0.636. The predicted octanol–water partition coefficient (Wildman–Crippen LogP) is 2.20. The van der Waals surface area contributed by atoms with E-state index in [0.717, 1.165) is 48.1 Å². The van der Waals surface area contributed by atoms with Gasteiger partial charge in [0.15, 0.2) is 5.96 Å². The number of guanidine groups is 1. The summed E-state index contributed by atoms with van der Waals surface area (Å²) in [4.78, 5) is 8.73. The molecule has 2 N–H and O–H groups in total. The largest absolute Gasteiger partial charge is 0.354 e. The van der Waals surface area contributed by atoms with Crippen molar-refractivity contribution in [3.8, 4) is 0 Å². The van der Waals surface area contributed by atoms with E-state index in [4.69, 9.17) is 0 Å². The molecule has 1 aliphatic carbocycles. The molecule has 3 unspecified atom stereocenters. The minimum absolute atomic E-state index is 0.330. The van der Waals surface area contributed by atoms with E-state index in [-0.39, 0.29) is 0 Å². The van der Waals surface area contributed by atoms with Crippen LogP contribution in [-0.2, 0) is 17.3 Å². The van der Waals surface area contributed by atoms with Crippen LogP contribution in [0.4, 0.5) is 0 Å². The lowest BCUT2D eigenvalue weighted by Gasteiger charge is -2.30. The van der Waals surface area contributed by atoms with E-state index in [1.807, 2.05) is 13.8 Å². The van der Waals surface area contributed by atoms with Gasteiger partial charge in [-0.1, -0.05) is 13.3 Å².